The number of nitrogen functional groups attached to an aromatic ring is 1. The molecule has 0 aliphatic heterocycles. The lowest BCUT2D eigenvalue weighted by Crippen LogP contribution is -2.37. The van der Waals surface area contributed by atoms with Crippen LogP contribution < -0.4 is 11.5 Å². The van der Waals surface area contributed by atoms with Gasteiger partial charge >= 0.3 is 0 Å². The van der Waals surface area contributed by atoms with Crippen LogP contribution in [-0.4, -0.2) is 36.6 Å². The lowest BCUT2D eigenvalue weighted by Gasteiger charge is -2.28. The molecule has 0 aliphatic carbocycles. The van der Waals surface area contributed by atoms with Crippen LogP contribution in [0.1, 0.15) is 25.8 Å². The Morgan fingerprint density at radius 3 is 2.55 bits per heavy atom. The van der Waals surface area contributed by atoms with Crippen LogP contribution in [0.25, 0.3) is 0 Å². The van der Waals surface area contributed by atoms with Gasteiger partial charge < -0.3 is 16.2 Å². The third-order valence-electron chi connectivity index (χ3n) is 3.41. The smallest absolute Gasteiger partial charge is 0.231 e. The predicted octanol–water partition coefficient (Wildman–Crippen LogP) is 1.37. The summed E-state index contributed by atoms with van der Waals surface area (Å²) in [6.45, 7) is 5.58. The van der Waals surface area contributed by atoms with Crippen LogP contribution in [0.4, 0.5) is 5.69 Å². The number of carbonyl (C=O) groups excluding carboxylic acids is 1. The minimum Gasteiger partial charge on any atom is -0.398 e. The topological polar surface area (TPSA) is 81.6 Å². The van der Waals surface area contributed by atoms with Crippen molar-refractivity contribution in [3.8, 4) is 0 Å². The Bertz CT molecular complexity index is 446. The van der Waals surface area contributed by atoms with E-state index in [1.165, 1.54) is 0 Å². The first kappa shape index (κ1) is 16.5. The maximum Gasteiger partial charge on any atom is 0.231 e. The number of primary amides is 1. The summed E-state index contributed by atoms with van der Waals surface area (Å²) in [5, 5.41) is 0. The molecule has 1 rings (SSSR count). The maximum atomic E-state index is 11.2. The summed E-state index contributed by atoms with van der Waals surface area (Å²) < 4.78 is 5.40. The molecular formula is C15H25N3O2. The van der Waals surface area contributed by atoms with E-state index in [0.29, 0.717) is 6.54 Å². The molecule has 0 heterocycles. The number of amides is 1. The van der Waals surface area contributed by atoms with E-state index in [9.17, 15) is 4.79 Å². The molecule has 4 N–H and O–H groups in total. The number of benzene rings is 1. The fourth-order valence-corrected chi connectivity index (χ4v) is 1.88. The first-order valence-electron chi connectivity index (χ1n) is 6.73. The predicted molar refractivity (Wildman–Crippen MR) is 81.0 cm³/mol. The van der Waals surface area contributed by atoms with Crippen molar-refractivity contribution in [2.45, 2.75) is 32.4 Å². The van der Waals surface area contributed by atoms with E-state index in [2.05, 4.69) is 0 Å². The molecule has 20 heavy (non-hydrogen) atoms. The second kappa shape index (κ2) is 7.26. The van der Waals surface area contributed by atoms with E-state index in [-0.39, 0.29) is 18.1 Å². The third-order valence-corrected chi connectivity index (χ3v) is 3.41. The van der Waals surface area contributed by atoms with Crippen LogP contribution in [0.15, 0.2) is 24.3 Å². The van der Waals surface area contributed by atoms with Gasteiger partial charge in [-0.15, -0.1) is 0 Å². The molecule has 112 valence electrons. The zero-order valence-electron chi connectivity index (χ0n) is 12.6. The lowest BCUT2D eigenvalue weighted by molar-refractivity contribution is -0.119. The van der Waals surface area contributed by atoms with E-state index in [1.54, 1.807) is 7.11 Å². The Labute approximate surface area is 120 Å². The average molecular weight is 279 g/mol. The molecule has 0 saturated heterocycles. The molecule has 0 fully saturated rings. The van der Waals surface area contributed by atoms with Crippen LogP contribution in [-0.2, 0) is 16.1 Å². The van der Waals surface area contributed by atoms with Gasteiger partial charge in [0.15, 0.2) is 0 Å². The van der Waals surface area contributed by atoms with Gasteiger partial charge in [0.1, 0.15) is 0 Å². The van der Waals surface area contributed by atoms with Crippen molar-refractivity contribution < 1.29 is 9.53 Å². The van der Waals surface area contributed by atoms with Crippen molar-refractivity contribution in [3.63, 3.8) is 0 Å². The summed E-state index contributed by atoms with van der Waals surface area (Å²) in [7, 11) is 1.69. The van der Waals surface area contributed by atoms with Crippen LogP contribution in [0.3, 0.4) is 0 Å². The Morgan fingerprint density at radius 2 is 2.00 bits per heavy atom. The number of ether oxygens (including phenoxy) is 1. The molecule has 0 aliphatic rings. The number of carbonyl (C=O) groups is 1. The van der Waals surface area contributed by atoms with Crippen molar-refractivity contribution in [3.05, 3.63) is 29.8 Å². The van der Waals surface area contributed by atoms with Crippen LogP contribution >= 0.6 is 0 Å². The number of nitrogens with two attached hydrogens (primary N) is 2. The number of rotatable bonds is 8. The van der Waals surface area contributed by atoms with Gasteiger partial charge in [0, 0.05) is 25.9 Å². The summed E-state index contributed by atoms with van der Waals surface area (Å²) >= 11 is 0. The number of para-hydroxylation sites is 1. The Hall–Kier alpha value is -1.59. The van der Waals surface area contributed by atoms with Gasteiger partial charge in [0.25, 0.3) is 0 Å². The molecule has 0 aromatic heterocycles. The van der Waals surface area contributed by atoms with Gasteiger partial charge in [-0.3, -0.25) is 9.69 Å². The second-order valence-corrected chi connectivity index (χ2v) is 5.59. The SMILES string of the molecule is COC(C)(C)CCN(CC(N)=O)Cc1ccccc1N. The van der Waals surface area contributed by atoms with Crippen molar-refractivity contribution in [2.75, 3.05) is 25.9 Å². The zero-order valence-corrected chi connectivity index (χ0v) is 12.6. The third kappa shape index (κ3) is 5.59. The molecule has 0 radical (unpaired) electrons. The molecule has 1 aromatic carbocycles. The van der Waals surface area contributed by atoms with E-state index in [0.717, 1.165) is 24.2 Å². The van der Waals surface area contributed by atoms with Crippen LogP contribution in [0, 0.1) is 0 Å². The fraction of sp³-hybridized carbons (Fsp3) is 0.533. The molecule has 5 heteroatoms. The summed E-state index contributed by atoms with van der Waals surface area (Å²) in [4.78, 5) is 13.2. The minimum atomic E-state index is -0.338. The molecule has 1 amide bonds. The molecule has 0 unspecified atom stereocenters. The molecule has 0 saturated carbocycles. The van der Waals surface area contributed by atoms with Crippen molar-refractivity contribution >= 4 is 11.6 Å². The van der Waals surface area contributed by atoms with Gasteiger partial charge in [-0.2, -0.15) is 0 Å². The Balaban J connectivity index is 2.70. The van der Waals surface area contributed by atoms with Gasteiger partial charge in [-0.25, -0.2) is 0 Å². The van der Waals surface area contributed by atoms with Gasteiger partial charge in [0.2, 0.25) is 5.91 Å². The average Bonchev–Trinajstić information content (AvgIpc) is 2.38. The summed E-state index contributed by atoms with van der Waals surface area (Å²) in [5.74, 6) is -0.338. The highest BCUT2D eigenvalue weighted by Gasteiger charge is 2.19. The van der Waals surface area contributed by atoms with Gasteiger partial charge in [-0.05, 0) is 31.9 Å². The van der Waals surface area contributed by atoms with E-state index in [1.807, 2.05) is 43.0 Å². The first-order chi connectivity index (χ1) is 9.34. The van der Waals surface area contributed by atoms with Gasteiger partial charge in [0.05, 0.1) is 12.1 Å². The molecule has 0 atom stereocenters. The Kier molecular flexibility index (Phi) is 5.98. The standard InChI is InChI=1S/C15H25N3O2/c1-15(2,20-3)8-9-18(11-14(17)19)10-12-6-4-5-7-13(12)16/h4-7H,8-11,16H2,1-3H3,(H2,17,19). The Morgan fingerprint density at radius 1 is 1.35 bits per heavy atom. The van der Waals surface area contributed by atoms with Crippen molar-refractivity contribution in [1.82, 2.24) is 4.90 Å². The highest BCUT2D eigenvalue weighted by molar-refractivity contribution is 5.75. The number of nitrogens with zero attached hydrogens (tertiary/aromatic N) is 1. The first-order valence-corrected chi connectivity index (χ1v) is 6.73. The summed E-state index contributed by atoms with van der Waals surface area (Å²) in [6.07, 6.45) is 0.809. The van der Waals surface area contributed by atoms with Crippen LogP contribution in [0.2, 0.25) is 0 Å². The molecule has 0 spiro atoms. The molecule has 5 nitrogen and oxygen atoms in total. The van der Waals surface area contributed by atoms with Crippen molar-refractivity contribution in [1.29, 1.82) is 0 Å². The molecular weight excluding hydrogens is 254 g/mol. The molecule has 1 aromatic rings. The largest absolute Gasteiger partial charge is 0.398 e. The normalized spacial score (nSPS) is 11.8. The summed E-state index contributed by atoms with van der Waals surface area (Å²) in [6, 6.07) is 7.65. The lowest BCUT2D eigenvalue weighted by atomic mass is 10.0. The van der Waals surface area contributed by atoms with E-state index in [4.69, 9.17) is 16.2 Å². The molecule has 0 bridgehead atoms. The van der Waals surface area contributed by atoms with Crippen molar-refractivity contribution in [2.24, 2.45) is 5.73 Å². The summed E-state index contributed by atoms with van der Waals surface area (Å²) in [5.41, 5.74) is 12.8. The highest BCUT2D eigenvalue weighted by atomic mass is 16.5. The zero-order chi connectivity index (χ0) is 15.2. The highest BCUT2D eigenvalue weighted by Crippen LogP contribution is 2.17. The van der Waals surface area contributed by atoms with E-state index >= 15 is 0 Å². The number of hydrogen-bond acceptors (Lipinski definition) is 4. The second-order valence-electron chi connectivity index (χ2n) is 5.59. The van der Waals surface area contributed by atoms with Crippen LogP contribution in [0.5, 0.6) is 0 Å². The van der Waals surface area contributed by atoms with Gasteiger partial charge in [-0.1, -0.05) is 18.2 Å². The van der Waals surface area contributed by atoms with E-state index < -0.39 is 0 Å². The number of methoxy groups -OCH3 is 1. The maximum absolute atomic E-state index is 11.2. The fourth-order valence-electron chi connectivity index (χ4n) is 1.88. The number of anilines is 1. The monoisotopic (exact) mass is 279 g/mol. The number of hydrogen-bond donors (Lipinski definition) is 2. The minimum absolute atomic E-state index is 0.216. The quantitative estimate of drug-likeness (QED) is 0.704.